The van der Waals surface area contributed by atoms with Crippen molar-refractivity contribution in [1.82, 2.24) is 19.8 Å². The Balaban J connectivity index is 1.37. The highest BCUT2D eigenvalue weighted by atomic mass is 16.2. The molecule has 0 bridgehead atoms. The fourth-order valence-electron chi connectivity index (χ4n) is 5.78. The molecule has 1 aromatic carbocycles. The summed E-state index contributed by atoms with van der Waals surface area (Å²) in [5.74, 6) is 0.797. The molecular formula is C26H34N4O2. The Morgan fingerprint density at radius 1 is 1.00 bits per heavy atom. The smallest absolute Gasteiger partial charge is 0.254 e. The van der Waals surface area contributed by atoms with Crippen molar-refractivity contribution < 1.29 is 4.79 Å². The summed E-state index contributed by atoms with van der Waals surface area (Å²) in [6.07, 6.45) is 10.6. The van der Waals surface area contributed by atoms with Crippen molar-refractivity contribution in [3.63, 3.8) is 0 Å². The van der Waals surface area contributed by atoms with Gasteiger partial charge in [0, 0.05) is 31.2 Å². The van der Waals surface area contributed by atoms with Crippen LogP contribution in [0.15, 0.2) is 35.1 Å². The van der Waals surface area contributed by atoms with Crippen LogP contribution in [0.1, 0.15) is 80.1 Å². The Labute approximate surface area is 190 Å². The van der Waals surface area contributed by atoms with Crippen molar-refractivity contribution >= 4 is 5.91 Å². The molecule has 3 aliphatic rings. The van der Waals surface area contributed by atoms with Gasteiger partial charge in [-0.2, -0.15) is 0 Å². The number of rotatable bonds is 4. The van der Waals surface area contributed by atoms with Gasteiger partial charge in [0.2, 0.25) is 5.91 Å². The first-order valence-corrected chi connectivity index (χ1v) is 12.4. The predicted molar refractivity (Wildman–Crippen MR) is 124 cm³/mol. The van der Waals surface area contributed by atoms with Gasteiger partial charge in [-0.3, -0.25) is 14.5 Å². The van der Waals surface area contributed by atoms with E-state index < -0.39 is 0 Å². The van der Waals surface area contributed by atoms with Gasteiger partial charge in [0.25, 0.3) is 5.56 Å². The van der Waals surface area contributed by atoms with Crippen LogP contribution in [0.4, 0.5) is 0 Å². The molecule has 1 saturated heterocycles. The monoisotopic (exact) mass is 434 g/mol. The zero-order valence-electron chi connectivity index (χ0n) is 18.9. The Morgan fingerprint density at radius 3 is 2.59 bits per heavy atom. The number of carbonyl (C=O) groups is 1. The van der Waals surface area contributed by atoms with Crippen LogP contribution in [-0.4, -0.2) is 44.8 Å². The summed E-state index contributed by atoms with van der Waals surface area (Å²) < 4.78 is 0. The number of fused-ring (bicyclic) bond motifs is 1. The highest BCUT2D eigenvalue weighted by Gasteiger charge is 2.32. The number of amides is 1. The van der Waals surface area contributed by atoms with Gasteiger partial charge in [-0.25, -0.2) is 4.98 Å². The summed E-state index contributed by atoms with van der Waals surface area (Å²) in [4.78, 5) is 38.7. The van der Waals surface area contributed by atoms with E-state index in [-0.39, 0.29) is 17.5 Å². The van der Waals surface area contributed by atoms with Gasteiger partial charge in [0.15, 0.2) is 0 Å². The normalized spacial score (nSPS) is 22.5. The van der Waals surface area contributed by atoms with Crippen molar-refractivity contribution in [1.29, 1.82) is 0 Å². The molecule has 2 aliphatic heterocycles. The third kappa shape index (κ3) is 4.51. The zero-order chi connectivity index (χ0) is 21.9. The van der Waals surface area contributed by atoms with Crippen LogP contribution >= 0.6 is 0 Å². The van der Waals surface area contributed by atoms with E-state index in [1.807, 2.05) is 35.2 Å². The molecule has 0 unspecified atom stereocenters. The molecule has 1 atom stereocenters. The molecule has 0 radical (unpaired) electrons. The van der Waals surface area contributed by atoms with E-state index in [1.54, 1.807) is 0 Å². The number of hydrogen-bond donors (Lipinski definition) is 1. The number of piperidine rings is 1. The Bertz CT molecular complexity index is 997. The molecule has 1 aliphatic carbocycles. The first-order chi connectivity index (χ1) is 15.7. The topological polar surface area (TPSA) is 69.3 Å². The second-order valence-corrected chi connectivity index (χ2v) is 9.65. The predicted octanol–water partition coefficient (Wildman–Crippen LogP) is 3.76. The molecular weight excluding hydrogens is 400 g/mol. The quantitative estimate of drug-likeness (QED) is 0.796. The zero-order valence-corrected chi connectivity index (χ0v) is 18.9. The fourth-order valence-corrected chi connectivity index (χ4v) is 5.78. The van der Waals surface area contributed by atoms with Crippen LogP contribution in [0.3, 0.4) is 0 Å². The van der Waals surface area contributed by atoms with E-state index in [2.05, 4.69) is 9.88 Å². The van der Waals surface area contributed by atoms with Gasteiger partial charge in [0.05, 0.1) is 18.2 Å². The lowest BCUT2D eigenvalue weighted by molar-refractivity contribution is -0.134. The number of carbonyl (C=O) groups excluding carboxylic acids is 1. The largest absolute Gasteiger partial charge is 0.332 e. The number of aromatic nitrogens is 2. The SMILES string of the molecule is O=C(Cc1ccccc1)N1CCCC[C@@H]1c1nc2c(c(=O)[nH]1)CCN(C1CCCCC1)C2. The molecule has 5 rings (SSSR count). The molecule has 32 heavy (non-hydrogen) atoms. The van der Waals surface area contributed by atoms with Crippen LogP contribution in [0.5, 0.6) is 0 Å². The third-order valence-corrected chi connectivity index (χ3v) is 7.55. The molecule has 0 spiro atoms. The summed E-state index contributed by atoms with van der Waals surface area (Å²) in [6.45, 7) is 2.44. The molecule has 1 saturated carbocycles. The second-order valence-electron chi connectivity index (χ2n) is 9.65. The third-order valence-electron chi connectivity index (χ3n) is 7.55. The number of benzene rings is 1. The van der Waals surface area contributed by atoms with Crippen molar-refractivity contribution in [2.24, 2.45) is 0 Å². The maximum atomic E-state index is 13.2. The van der Waals surface area contributed by atoms with Crippen molar-refractivity contribution in [2.45, 2.75) is 82.8 Å². The average molecular weight is 435 g/mol. The molecule has 170 valence electrons. The average Bonchev–Trinajstić information content (AvgIpc) is 2.85. The molecule has 2 aromatic rings. The van der Waals surface area contributed by atoms with Gasteiger partial charge >= 0.3 is 0 Å². The van der Waals surface area contributed by atoms with Gasteiger partial charge in [0.1, 0.15) is 5.82 Å². The number of nitrogens with zero attached hydrogens (tertiary/aromatic N) is 3. The Hall–Kier alpha value is -2.47. The van der Waals surface area contributed by atoms with Crippen molar-refractivity contribution in [3.8, 4) is 0 Å². The first kappa shape index (κ1) is 21.4. The van der Waals surface area contributed by atoms with Crippen LogP contribution in [-0.2, 0) is 24.2 Å². The Morgan fingerprint density at radius 2 is 1.78 bits per heavy atom. The maximum Gasteiger partial charge on any atom is 0.254 e. The lowest BCUT2D eigenvalue weighted by Crippen LogP contribution is -2.44. The molecule has 1 aromatic heterocycles. The molecule has 2 fully saturated rings. The fraction of sp³-hybridized carbons (Fsp3) is 0.577. The van der Waals surface area contributed by atoms with Crippen molar-refractivity contribution in [2.75, 3.05) is 13.1 Å². The second kappa shape index (κ2) is 9.57. The van der Waals surface area contributed by atoms with Crippen LogP contribution < -0.4 is 5.56 Å². The highest BCUT2D eigenvalue weighted by molar-refractivity contribution is 5.79. The van der Waals surface area contributed by atoms with E-state index in [4.69, 9.17) is 4.98 Å². The summed E-state index contributed by atoms with van der Waals surface area (Å²) in [7, 11) is 0. The summed E-state index contributed by atoms with van der Waals surface area (Å²) in [5.41, 5.74) is 2.80. The highest BCUT2D eigenvalue weighted by Crippen LogP contribution is 2.31. The van der Waals surface area contributed by atoms with Crippen LogP contribution in [0.2, 0.25) is 0 Å². The van der Waals surface area contributed by atoms with E-state index in [0.29, 0.717) is 18.3 Å². The number of likely N-dealkylation sites (tertiary alicyclic amines) is 1. The number of hydrogen-bond acceptors (Lipinski definition) is 4. The number of H-pyrrole nitrogens is 1. The first-order valence-electron chi connectivity index (χ1n) is 12.4. The standard InChI is InChI=1S/C26H34N4O2/c31-24(17-19-9-3-1-4-10-19)30-15-8-7-13-23(30)25-27-22-18-29(20-11-5-2-6-12-20)16-14-21(22)26(32)28-25/h1,3-4,9-10,20,23H,2,5-8,11-18H2,(H,27,28,32)/t23-/m1/s1. The van der Waals surface area contributed by atoms with E-state index in [1.165, 1.54) is 32.1 Å². The molecule has 3 heterocycles. The van der Waals surface area contributed by atoms with Gasteiger partial charge in [-0.1, -0.05) is 49.6 Å². The van der Waals surface area contributed by atoms with Gasteiger partial charge in [-0.15, -0.1) is 0 Å². The minimum atomic E-state index is -0.136. The molecule has 6 heteroatoms. The maximum absolute atomic E-state index is 13.2. The van der Waals surface area contributed by atoms with E-state index >= 15 is 0 Å². The van der Waals surface area contributed by atoms with E-state index in [0.717, 1.165) is 62.1 Å². The van der Waals surface area contributed by atoms with Crippen molar-refractivity contribution in [3.05, 3.63) is 63.3 Å². The van der Waals surface area contributed by atoms with E-state index in [9.17, 15) is 9.59 Å². The molecule has 1 amide bonds. The van der Waals surface area contributed by atoms with Gasteiger partial charge < -0.3 is 9.88 Å². The molecule has 1 N–H and O–H groups in total. The Kier molecular flexibility index (Phi) is 6.39. The number of nitrogens with one attached hydrogen (secondary N) is 1. The number of aromatic amines is 1. The minimum Gasteiger partial charge on any atom is -0.332 e. The lowest BCUT2D eigenvalue weighted by Gasteiger charge is -2.38. The summed E-state index contributed by atoms with van der Waals surface area (Å²) >= 11 is 0. The van der Waals surface area contributed by atoms with Gasteiger partial charge in [-0.05, 0) is 44.1 Å². The van der Waals surface area contributed by atoms with Crippen LogP contribution in [0.25, 0.3) is 0 Å². The van der Waals surface area contributed by atoms with Crippen LogP contribution in [0, 0.1) is 0 Å². The molecule has 6 nitrogen and oxygen atoms in total. The minimum absolute atomic E-state index is 0.00525. The lowest BCUT2D eigenvalue weighted by atomic mass is 9.92. The summed E-state index contributed by atoms with van der Waals surface area (Å²) in [6, 6.07) is 10.4. The summed E-state index contributed by atoms with van der Waals surface area (Å²) in [5, 5.41) is 0.